The van der Waals surface area contributed by atoms with E-state index >= 15 is 0 Å². The minimum Gasteiger partial charge on any atom is -0.204 e. The Kier molecular flexibility index (Phi) is 6.80. The first-order chi connectivity index (χ1) is 7.00. The SMILES string of the molecule is [O]C(Cl)(C(Cl)(Cl)Cl)C(Cl)(Cl)C(Cl)(Cl)C(Cl)(Cl)Cl. The van der Waals surface area contributed by atoms with Crippen LogP contribution in [0, 0.1) is 0 Å². The minimum absolute atomic E-state index is 2.47. The van der Waals surface area contributed by atoms with E-state index in [9.17, 15) is 5.11 Å². The quantitative estimate of drug-likeness (QED) is 0.418. The molecule has 0 N–H and O–H groups in total. The Balaban J connectivity index is 5.73. The summed E-state index contributed by atoms with van der Waals surface area (Å²) < 4.78 is -10.6. The van der Waals surface area contributed by atoms with Crippen LogP contribution in [-0.4, -0.2) is 21.3 Å². The van der Waals surface area contributed by atoms with Gasteiger partial charge in [-0.1, -0.05) is 128 Å². The third kappa shape index (κ3) is 3.67. The zero-order valence-electron chi connectivity index (χ0n) is 7.07. The van der Waals surface area contributed by atoms with E-state index in [1.54, 1.807) is 0 Å². The molecule has 0 saturated heterocycles. The topological polar surface area (TPSA) is 19.9 Å². The molecule has 0 aliphatic carbocycles. The molecule has 0 saturated carbocycles. The molecule has 0 aliphatic rings. The zero-order chi connectivity index (χ0) is 14.5. The Morgan fingerprint density at radius 3 is 0.941 bits per heavy atom. The lowest BCUT2D eigenvalue weighted by molar-refractivity contribution is 0.0315. The van der Waals surface area contributed by atoms with Crippen LogP contribution in [0.3, 0.4) is 0 Å². The second-order valence-corrected chi connectivity index (χ2v) is 10.5. The van der Waals surface area contributed by atoms with Gasteiger partial charge in [-0.15, -0.1) is 0 Å². The van der Waals surface area contributed by atoms with Crippen molar-refractivity contribution in [1.82, 2.24) is 0 Å². The lowest BCUT2D eigenvalue weighted by atomic mass is 10.2. The molecule has 1 atom stereocenters. The van der Waals surface area contributed by atoms with Crippen LogP contribution in [0.5, 0.6) is 0 Å². The van der Waals surface area contributed by atoms with Crippen molar-refractivity contribution in [1.29, 1.82) is 0 Å². The van der Waals surface area contributed by atoms with Crippen molar-refractivity contribution in [2.45, 2.75) is 21.3 Å². The van der Waals surface area contributed by atoms with Gasteiger partial charge in [-0.3, -0.25) is 0 Å². The third-order valence-corrected chi connectivity index (χ3v) is 7.42. The summed E-state index contributed by atoms with van der Waals surface area (Å²) >= 11 is 60.3. The van der Waals surface area contributed by atoms with Crippen molar-refractivity contribution >= 4 is 128 Å². The zero-order valence-corrected chi connectivity index (χ0v) is 15.4. The molecule has 0 aromatic heterocycles. The van der Waals surface area contributed by atoms with Crippen molar-refractivity contribution in [3.8, 4) is 0 Å². The molecule has 0 bridgehead atoms. The minimum atomic E-state index is -3.19. The Bertz CT molecular complexity index is 255. The van der Waals surface area contributed by atoms with Crippen molar-refractivity contribution in [2.75, 3.05) is 0 Å². The molecular weight excluding hydrogens is 466 g/mol. The van der Waals surface area contributed by atoms with Crippen molar-refractivity contribution in [3.63, 3.8) is 0 Å². The lowest BCUT2D eigenvalue weighted by Gasteiger charge is -2.45. The van der Waals surface area contributed by atoms with E-state index in [4.69, 9.17) is 128 Å². The van der Waals surface area contributed by atoms with Gasteiger partial charge in [-0.05, 0) is 0 Å². The summed E-state index contributed by atoms with van der Waals surface area (Å²) in [5, 5.41) is 8.81. The van der Waals surface area contributed by atoms with E-state index in [-0.39, 0.29) is 0 Å². The highest BCUT2D eigenvalue weighted by molar-refractivity contribution is 6.80. The molecule has 0 heterocycles. The standard InChI is InChI=1S/C5Cl11O/c6-1(7,2(8,9)4(11,12)13)3(10,17)5(14,15)16. The number of halogens is 11. The molecule has 17 heavy (non-hydrogen) atoms. The highest BCUT2D eigenvalue weighted by Crippen LogP contribution is 2.64. The summed E-state index contributed by atoms with van der Waals surface area (Å²) in [6.07, 6.45) is 0. The van der Waals surface area contributed by atoms with E-state index in [1.807, 2.05) is 0 Å². The fourth-order valence-electron chi connectivity index (χ4n) is 0.558. The molecule has 1 unspecified atom stereocenters. The van der Waals surface area contributed by atoms with E-state index in [0.717, 1.165) is 0 Å². The van der Waals surface area contributed by atoms with Gasteiger partial charge in [0.25, 0.3) is 5.06 Å². The Morgan fingerprint density at radius 1 is 0.471 bits per heavy atom. The van der Waals surface area contributed by atoms with Gasteiger partial charge in [0.2, 0.25) is 16.3 Å². The molecule has 12 heteroatoms. The van der Waals surface area contributed by atoms with Crippen LogP contribution in [0.4, 0.5) is 0 Å². The smallest absolute Gasteiger partial charge is 0.204 e. The first-order valence-corrected chi connectivity index (χ1v) is 7.44. The highest BCUT2D eigenvalue weighted by Gasteiger charge is 2.74. The molecule has 1 nitrogen and oxygen atoms in total. The second kappa shape index (κ2) is 5.74. The molecule has 0 aromatic carbocycles. The van der Waals surface area contributed by atoms with Gasteiger partial charge in [-0.25, -0.2) is 5.11 Å². The lowest BCUT2D eigenvalue weighted by Crippen LogP contribution is -2.62. The summed E-state index contributed by atoms with van der Waals surface area (Å²) in [4.78, 5) is 0. The number of hydrogen-bond acceptors (Lipinski definition) is 0. The summed E-state index contributed by atoms with van der Waals surface area (Å²) in [5.41, 5.74) is 0. The molecule has 0 rings (SSSR count). The third-order valence-electron chi connectivity index (χ3n) is 1.52. The number of rotatable bonds is 2. The van der Waals surface area contributed by atoms with Crippen molar-refractivity contribution < 1.29 is 5.11 Å². The Hall–Kier alpha value is 3.15. The second-order valence-electron chi connectivity index (χ2n) is 2.74. The molecule has 0 amide bonds. The molecular formula is C5Cl11O. The predicted octanol–water partition coefficient (Wildman–Crippen LogP) is 6.44. The fourth-order valence-corrected chi connectivity index (χ4v) is 3.06. The Morgan fingerprint density at radius 2 is 0.765 bits per heavy atom. The maximum Gasteiger partial charge on any atom is 0.258 e. The molecule has 0 spiro atoms. The van der Waals surface area contributed by atoms with Crippen LogP contribution in [0.25, 0.3) is 0 Å². The van der Waals surface area contributed by atoms with Crippen LogP contribution >= 0.6 is 128 Å². The van der Waals surface area contributed by atoms with Gasteiger partial charge in [0, 0.05) is 0 Å². The molecule has 0 aliphatic heterocycles. The van der Waals surface area contributed by atoms with E-state index in [0.29, 0.717) is 0 Å². The monoisotopic (exact) mass is 461 g/mol. The molecule has 0 aromatic rings. The van der Waals surface area contributed by atoms with Gasteiger partial charge < -0.3 is 0 Å². The van der Waals surface area contributed by atoms with Crippen LogP contribution < -0.4 is 0 Å². The number of alkyl halides is 11. The van der Waals surface area contributed by atoms with Crippen LogP contribution in [-0.2, 0) is 5.11 Å². The average Bonchev–Trinajstić information content (AvgIpc) is 1.98. The van der Waals surface area contributed by atoms with Gasteiger partial charge in [0.05, 0.1) is 0 Å². The van der Waals surface area contributed by atoms with Crippen LogP contribution in [0.2, 0.25) is 0 Å². The first kappa shape index (κ1) is 20.1. The predicted molar refractivity (Wildman–Crippen MR) is 78.7 cm³/mol. The van der Waals surface area contributed by atoms with Gasteiger partial charge in [0.1, 0.15) is 0 Å². The summed E-state index contributed by atoms with van der Waals surface area (Å²) in [6, 6.07) is 0. The van der Waals surface area contributed by atoms with Gasteiger partial charge in [-0.2, -0.15) is 0 Å². The highest BCUT2D eigenvalue weighted by atomic mass is 35.6. The van der Waals surface area contributed by atoms with Gasteiger partial charge >= 0.3 is 0 Å². The maximum atomic E-state index is 12.0. The normalized spacial score (nSPS) is 19.1. The summed E-state index contributed by atoms with van der Waals surface area (Å²) in [7, 11) is 0. The molecule has 1 radical (unpaired) electrons. The summed E-state index contributed by atoms with van der Waals surface area (Å²) in [6.45, 7) is 0. The van der Waals surface area contributed by atoms with E-state index in [2.05, 4.69) is 0 Å². The fraction of sp³-hybridized carbons (Fsp3) is 1.00. The molecule has 0 fully saturated rings. The first-order valence-electron chi connectivity index (χ1n) is 3.28. The average molecular weight is 466 g/mol. The van der Waals surface area contributed by atoms with Crippen LogP contribution in [0.1, 0.15) is 0 Å². The van der Waals surface area contributed by atoms with Crippen LogP contribution in [0.15, 0.2) is 0 Å². The van der Waals surface area contributed by atoms with E-state index < -0.39 is 21.3 Å². The largest absolute Gasteiger partial charge is 0.258 e. The summed E-state index contributed by atoms with van der Waals surface area (Å²) in [5.74, 6) is 0. The van der Waals surface area contributed by atoms with E-state index in [1.165, 1.54) is 0 Å². The molecule has 103 valence electrons. The van der Waals surface area contributed by atoms with Gasteiger partial charge in [0.15, 0.2) is 0 Å². The Labute approximate surface area is 152 Å². The number of hydrogen-bond donors (Lipinski definition) is 0. The maximum absolute atomic E-state index is 12.0. The van der Waals surface area contributed by atoms with Crippen molar-refractivity contribution in [3.05, 3.63) is 0 Å². The van der Waals surface area contributed by atoms with Crippen molar-refractivity contribution in [2.24, 2.45) is 0 Å².